The topological polar surface area (TPSA) is 56.8 Å². The number of methoxy groups -OCH3 is 1. The van der Waals surface area contributed by atoms with E-state index in [2.05, 4.69) is 5.32 Å². The van der Waals surface area contributed by atoms with Crippen LogP contribution in [0.4, 0.5) is 4.39 Å². The molecule has 1 amide bonds. The lowest BCUT2D eigenvalue weighted by atomic mass is 10.3. The monoisotopic (exact) mass is 333 g/mol. The Bertz CT molecular complexity index is 643. The minimum atomic E-state index is -0.635. The number of rotatable bonds is 8. The van der Waals surface area contributed by atoms with Crippen LogP contribution >= 0.6 is 0 Å². The SMILES string of the molecule is COc1ccc(O[C@H](C)C(=O)NCCOc2ccc(F)cc2)cc1. The highest BCUT2D eigenvalue weighted by molar-refractivity contribution is 5.80. The number of benzene rings is 2. The van der Waals surface area contributed by atoms with E-state index in [0.717, 1.165) is 5.75 Å². The zero-order valence-corrected chi connectivity index (χ0v) is 13.6. The van der Waals surface area contributed by atoms with E-state index < -0.39 is 6.10 Å². The van der Waals surface area contributed by atoms with Crippen molar-refractivity contribution in [2.45, 2.75) is 13.0 Å². The molecule has 0 fully saturated rings. The van der Waals surface area contributed by atoms with Crippen molar-refractivity contribution in [1.29, 1.82) is 0 Å². The van der Waals surface area contributed by atoms with Crippen LogP contribution in [0.1, 0.15) is 6.92 Å². The number of carbonyl (C=O) groups excluding carboxylic acids is 1. The summed E-state index contributed by atoms with van der Waals surface area (Å²) in [7, 11) is 1.58. The average molecular weight is 333 g/mol. The summed E-state index contributed by atoms with van der Waals surface area (Å²) in [6.45, 7) is 2.28. The summed E-state index contributed by atoms with van der Waals surface area (Å²) in [6, 6.07) is 12.7. The van der Waals surface area contributed by atoms with Gasteiger partial charge in [0.25, 0.3) is 5.91 Å². The first-order chi connectivity index (χ1) is 11.6. The molecule has 0 aliphatic heterocycles. The number of amides is 1. The largest absolute Gasteiger partial charge is 0.497 e. The van der Waals surface area contributed by atoms with E-state index in [9.17, 15) is 9.18 Å². The molecule has 0 heterocycles. The van der Waals surface area contributed by atoms with Crippen LogP contribution < -0.4 is 19.5 Å². The van der Waals surface area contributed by atoms with Crippen molar-refractivity contribution in [3.05, 3.63) is 54.3 Å². The third-order valence-corrected chi connectivity index (χ3v) is 3.23. The van der Waals surface area contributed by atoms with Crippen LogP contribution in [0.2, 0.25) is 0 Å². The number of ether oxygens (including phenoxy) is 3. The van der Waals surface area contributed by atoms with Crippen molar-refractivity contribution in [1.82, 2.24) is 5.32 Å². The predicted molar refractivity (Wildman–Crippen MR) is 88.0 cm³/mol. The van der Waals surface area contributed by atoms with Gasteiger partial charge in [0.15, 0.2) is 6.10 Å². The molecule has 0 aromatic heterocycles. The Morgan fingerprint density at radius 2 is 1.62 bits per heavy atom. The van der Waals surface area contributed by atoms with Gasteiger partial charge in [-0.15, -0.1) is 0 Å². The Kier molecular flexibility index (Phi) is 6.42. The van der Waals surface area contributed by atoms with Gasteiger partial charge in [-0.1, -0.05) is 0 Å². The van der Waals surface area contributed by atoms with Crippen LogP contribution in [0.5, 0.6) is 17.2 Å². The van der Waals surface area contributed by atoms with E-state index in [4.69, 9.17) is 14.2 Å². The maximum atomic E-state index is 12.8. The molecule has 0 saturated heterocycles. The fourth-order valence-corrected chi connectivity index (χ4v) is 1.93. The number of hydrogen-bond acceptors (Lipinski definition) is 4. The number of halogens is 1. The molecular formula is C18H20FNO4. The third-order valence-electron chi connectivity index (χ3n) is 3.23. The van der Waals surface area contributed by atoms with E-state index in [1.54, 1.807) is 38.3 Å². The predicted octanol–water partition coefficient (Wildman–Crippen LogP) is 2.80. The Balaban J connectivity index is 1.70. The van der Waals surface area contributed by atoms with Gasteiger partial charge in [-0.3, -0.25) is 4.79 Å². The lowest BCUT2D eigenvalue weighted by Crippen LogP contribution is -2.38. The van der Waals surface area contributed by atoms with E-state index in [1.165, 1.54) is 24.3 Å². The summed E-state index contributed by atoms with van der Waals surface area (Å²) in [6.07, 6.45) is -0.635. The van der Waals surface area contributed by atoms with Crippen molar-refractivity contribution >= 4 is 5.91 Å². The molecule has 0 aliphatic carbocycles. The highest BCUT2D eigenvalue weighted by atomic mass is 19.1. The van der Waals surface area contributed by atoms with Crippen molar-refractivity contribution in [2.24, 2.45) is 0 Å². The molecule has 2 rings (SSSR count). The Morgan fingerprint density at radius 1 is 1.04 bits per heavy atom. The van der Waals surface area contributed by atoms with E-state index in [-0.39, 0.29) is 18.3 Å². The molecule has 1 atom stereocenters. The molecule has 1 N–H and O–H groups in total. The van der Waals surface area contributed by atoms with Crippen molar-refractivity contribution in [3.63, 3.8) is 0 Å². The Hall–Kier alpha value is -2.76. The van der Waals surface area contributed by atoms with Crippen LogP contribution in [0, 0.1) is 5.82 Å². The third kappa shape index (κ3) is 5.46. The zero-order chi connectivity index (χ0) is 17.4. The van der Waals surface area contributed by atoms with Gasteiger partial charge in [0, 0.05) is 0 Å². The summed E-state index contributed by atoms with van der Waals surface area (Å²) in [4.78, 5) is 12.0. The van der Waals surface area contributed by atoms with Crippen LogP contribution in [-0.4, -0.2) is 32.3 Å². The second-order valence-corrected chi connectivity index (χ2v) is 5.03. The molecule has 0 aliphatic rings. The zero-order valence-electron chi connectivity index (χ0n) is 13.6. The Labute approximate surface area is 140 Å². The van der Waals surface area contributed by atoms with Gasteiger partial charge in [-0.05, 0) is 55.5 Å². The fraction of sp³-hybridized carbons (Fsp3) is 0.278. The molecule has 0 radical (unpaired) electrons. The van der Waals surface area contributed by atoms with Gasteiger partial charge in [0.1, 0.15) is 29.7 Å². The van der Waals surface area contributed by atoms with Gasteiger partial charge in [-0.2, -0.15) is 0 Å². The molecule has 128 valence electrons. The summed E-state index contributed by atoms with van der Waals surface area (Å²) in [5, 5.41) is 2.72. The van der Waals surface area contributed by atoms with E-state index >= 15 is 0 Å². The molecule has 24 heavy (non-hydrogen) atoms. The summed E-state index contributed by atoms with van der Waals surface area (Å²) >= 11 is 0. The minimum Gasteiger partial charge on any atom is -0.497 e. The first kappa shape index (κ1) is 17.6. The molecule has 2 aromatic carbocycles. The lowest BCUT2D eigenvalue weighted by molar-refractivity contribution is -0.127. The molecular weight excluding hydrogens is 313 g/mol. The second-order valence-electron chi connectivity index (χ2n) is 5.03. The average Bonchev–Trinajstić information content (AvgIpc) is 2.60. The van der Waals surface area contributed by atoms with Gasteiger partial charge in [-0.25, -0.2) is 4.39 Å². The molecule has 0 saturated carbocycles. The van der Waals surface area contributed by atoms with Crippen LogP contribution in [0.25, 0.3) is 0 Å². The summed E-state index contributed by atoms with van der Waals surface area (Å²) < 4.78 is 28.8. The maximum Gasteiger partial charge on any atom is 0.260 e. The van der Waals surface area contributed by atoms with Crippen molar-refractivity contribution in [2.75, 3.05) is 20.3 Å². The first-order valence-corrected chi connectivity index (χ1v) is 7.55. The molecule has 6 heteroatoms. The summed E-state index contributed by atoms with van der Waals surface area (Å²) in [5.74, 6) is 1.29. The molecule has 5 nitrogen and oxygen atoms in total. The highest BCUT2D eigenvalue weighted by Gasteiger charge is 2.14. The van der Waals surface area contributed by atoms with E-state index in [1.807, 2.05) is 0 Å². The van der Waals surface area contributed by atoms with Crippen LogP contribution in [0.15, 0.2) is 48.5 Å². The van der Waals surface area contributed by atoms with Gasteiger partial charge < -0.3 is 19.5 Å². The van der Waals surface area contributed by atoms with Crippen molar-refractivity contribution in [3.8, 4) is 17.2 Å². The number of nitrogens with one attached hydrogen (secondary N) is 1. The van der Waals surface area contributed by atoms with Crippen LogP contribution in [0.3, 0.4) is 0 Å². The molecule has 2 aromatic rings. The second kappa shape index (κ2) is 8.76. The number of carbonyl (C=O) groups is 1. The number of hydrogen-bond donors (Lipinski definition) is 1. The maximum absolute atomic E-state index is 12.8. The van der Waals surface area contributed by atoms with Gasteiger partial charge in [0.2, 0.25) is 0 Å². The Morgan fingerprint density at radius 3 is 2.25 bits per heavy atom. The lowest BCUT2D eigenvalue weighted by Gasteiger charge is -2.15. The van der Waals surface area contributed by atoms with Crippen LogP contribution in [-0.2, 0) is 4.79 Å². The molecule has 0 bridgehead atoms. The van der Waals surface area contributed by atoms with E-state index in [0.29, 0.717) is 18.0 Å². The summed E-state index contributed by atoms with van der Waals surface area (Å²) in [5.41, 5.74) is 0. The van der Waals surface area contributed by atoms with Crippen molar-refractivity contribution < 1.29 is 23.4 Å². The fourth-order valence-electron chi connectivity index (χ4n) is 1.93. The highest BCUT2D eigenvalue weighted by Crippen LogP contribution is 2.18. The minimum absolute atomic E-state index is 0.242. The molecule has 0 unspecified atom stereocenters. The van der Waals surface area contributed by atoms with Gasteiger partial charge >= 0.3 is 0 Å². The first-order valence-electron chi connectivity index (χ1n) is 7.55. The normalized spacial score (nSPS) is 11.5. The smallest absolute Gasteiger partial charge is 0.260 e. The van der Waals surface area contributed by atoms with Gasteiger partial charge in [0.05, 0.1) is 13.7 Å². The standard InChI is InChI=1S/C18H20FNO4/c1-13(24-17-9-7-15(22-2)8-10-17)18(21)20-11-12-23-16-5-3-14(19)4-6-16/h3-10,13H,11-12H2,1-2H3,(H,20,21)/t13-/m1/s1. The molecule has 0 spiro atoms. The quantitative estimate of drug-likeness (QED) is 0.755.